The maximum absolute atomic E-state index is 11.8. The summed E-state index contributed by atoms with van der Waals surface area (Å²) in [6.07, 6.45) is 0.336. The number of amides is 1. The fourth-order valence-corrected chi connectivity index (χ4v) is 1.77. The molecule has 0 aliphatic rings. The Morgan fingerprint density at radius 3 is 2.56 bits per heavy atom. The number of nitrogens with one attached hydrogen (secondary N) is 1. The molecule has 0 saturated heterocycles. The molecule has 2 aromatic carbocycles. The zero-order valence-corrected chi connectivity index (χ0v) is 10.4. The molecule has 0 aromatic heterocycles. The van der Waals surface area contributed by atoms with Crippen LogP contribution in [0.3, 0.4) is 0 Å². The first kappa shape index (κ1) is 12.5. The maximum atomic E-state index is 11.8. The largest absolute Gasteiger partial charge is 0.398 e. The molecule has 0 unspecified atom stereocenters. The molecule has 0 spiro atoms. The van der Waals surface area contributed by atoms with Gasteiger partial charge in [-0.3, -0.25) is 4.79 Å². The van der Waals surface area contributed by atoms with Crippen molar-refractivity contribution in [2.24, 2.45) is 0 Å². The lowest BCUT2D eigenvalue weighted by molar-refractivity contribution is -0.115. The van der Waals surface area contributed by atoms with Crippen molar-refractivity contribution in [3.8, 4) is 0 Å². The van der Waals surface area contributed by atoms with Crippen molar-refractivity contribution < 1.29 is 4.79 Å². The van der Waals surface area contributed by atoms with Crippen LogP contribution in [0.4, 0.5) is 11.4 Å². The predicted octanol–water partition coefficient (Wildman–Crippen LogP) is 3.10. The molecule has 92 valence electrons. The van der Waals surface area contributed by atoms with Gasteiger partial charge in [-0.1, -0.05) is 41.9 Å². The van der Waals surface area contributed by atoms with Gasteiger partial charge in [0.05, 0.1) is 17.1 Å². The lowest BCUT2D eigenvalue weighted by Gasteiger charge is -2.06. The van der Waals surface area contributed by atoms with Gasteiger partial charge in [-0.15, -0.1) is 0 Å². The third-order valence-electron chi connectivity index (χ3n) is 2.49. The molecule has 4 heteroatoms. The second-order valence-electron chi connectivity index (χ2n) is 3.95. The molecule has 3 N–H and O–H groups in total. The summed E-state index contributed by atoms with van der Waals surface area (Å²) in [7, 11) is 0. The third-order valence-corrected chi connectivity index (χ3v) is 2.82. The van der Waals surface area contributed by atoms with E-state index in [1.54, 1.807) is 18.2 Å². The van der Waals surface area contributed by atoms with Crippen LogP contribution in [0.2, 0.25) is 5.02 Å². The zero-order valence-electron chi connectivity index (χ0n) is 9.69. The number of hydrogen-bond donors (Lipinski definition) is 2. The fourth-order valence-electron chi connectivity index (χ4n) is 1.59. The molecule has 0 saturated carbocycles. The number of carbonyl (C=O) groups excluding carboxylic acids is 1. The highest BCUT2D eigenvalue weighted by Gasteiger charge is 2.05. The quantitative estimate of drug-likeness (QED) is 0.833. The van der Waals surface area contributed by atoms with Crippen LogP contribution in [0, 0.1) is 0 Å². The zero-order chi connectivity index (χ0) is 13.0. The normalized spacial score (nSPS) is 10.1. The molecular weight excluding hydrogens is 248 g/mol. The van der Waals surface area contributed by atoms with Crippen LogP contribution in [0.15, 0.2) is 48.5 Å². The van der Waals surface area contributed by atoms with E-state index in [9.17, 15) is 4.79 Å². The Kier molecular flexibility index (Phi) is 3.85. The van der Waals surface area contributed by atoms with Crippen molar-refractivity contribution in [3.05, 3.63) is 59.1 Å². The van der Waals surface area contributed by atoms with E-state index in [2.05, 4.69) is 5.32 Å². The molecule has 0 fully saturated rings. The van der Waals surface area contributed by atoms with E-state index in [0.29, 0.717) is 22.8 Å². The number of carbonyl (C=O) groups is 1. The Balaban J connectivity index is 2.01. The third kappa shape index (κ3) is 3.25. The molecular formula is C14H13ClN2O. The van der Waals surface area contributed by atoms with Gasteiger partial charge in [-0.05, 0) is 23.8 Å². The van der Waals surface area contributed by atoms with E-state index in [-0.39, 0.29) is 5.91 Å². The van der Waals surface area contributed by atoms with Gasteiger partial charge in [0.25, 0.3) is 0 Å². The Morgan fingerprint density at radius 1 is 1.17 bits per heavy atom. The minimum absolute atomic E-state index is 0.0814. The van der Waals surface area contributed by atoms with E-state index in [1.807, 2.05) is 30.3 Å². The number of nitrogen functional groups attached to an aromatic ring is 1. The van der Waals surface area contributed by atoms with Crippen LogP contribution >= 0.6 is 11.6 Å². The van der Waals surface area contributed by atoms with Crippen molar-refractivity contribution in [1.82, 2.24) is 0 Å². The number of halogens is 1. The SMILES string of the molecule is Nc1ccc(NC(=O)Cc2ccccc2)cc1Cl. The highest BCUT2D eigenvalue weighted by molar-refractivity contribution is 6.33. The molecule has 3 nitrogen and oxygen atoms in total. The molecule has 0 radical (unpaired) electrons. The summed E-state index contributed by atoms with van der Waals surface area (Å²) in [5, 5.41) is 3.22. The second-order valence-corrected chi connectivity index (χ2v) is 4.35. The first-order chi connectivity index (χ1) is 8.65. The summed E-state index contributed by atoms with van der Waals surface area (Å²) >= 11 is 5.88. The molecule has 2 aromatic rings. The lowest BCUT2D eigenvalue weighted by Crippen LogP contribution is -2.14. The average Bonchev–Trinajstić information content (AvgIpc) is 2.35. The lowest BCUT2D eigenvalue weighted by atomic mass is 10.1. The summed E-state index contributed by atoms with van der Waals surface area (Å²) in [5.41, 5.74) is 7.71. The molecule has 0 heterocycles. The van der Waals surface area contributed by atoms with Gasteiger partial charge in [-0.2, -0.15) is 0 Å². The summed E-state index contributed by atoms with van der Waals surface area (Å²) < 4.78 is 0. The Labute approximate surface area is 111 Å². The Morgan fingerprint density at radius 2 is 1.89 bits per heavy atom. The summed E-state index contributed by atoms with van der Waals surface area (Å²) in [6, 6.07) is 14.6. The standard InChI is InChI=1S/C14H13ClN2O/c15-12-9-11(6-7-13(12)16)17-14(18)8-10-4-2-1-3-5-10/h1-7,9H,8,16H2,(H,17,18). The maximum Gasteiger partial charge on any atom is 0.228 e. The topological polar surface area (TPSA) is 55.1 Å². The second kappa shape index (κ2) is 5.56. The molecule has 18 heavy (non-hydrogen) atoms. The van der Waals surface area contributed by atoms with Gasteiger partial charge in [0, 0.05) is 5.69 Å². The van der Waals surface area contributed by atoms with Crippen molar-refractivity contribution in [2.75, 3.05) is 11.1 Å². The van der Waals surface area contributed by atoms with Crippen LogP contribution in [0.5, 0.6) is 0 Å². The van der Waals surface area contributed by atoms with E-state index in [4.69, 9.17) is 17.3 Å². The Bertz CT molecular complexity index is 555. The predicted molar refractivity (Wildman–Crippen MR) is 74.6 cm³/mol. The molecule has 0 atom stereocenters. The number of nitrogens with two attached hydrogens (primary N) is 1. The van der Waals surface area contributed by atoms with Crippen molar-refractivity contribution >= 4 is 28.9 Å². The van der Waals surface area contributed by atoms with Gasteiger partial charge in [0.2, 0.25) is 5.91 Å². The van der Waals surface area contributed by atoms with Crippen molar-refractivity contribution in [2.45, 2.75) is 6.42 Å². The fraction of sp³-hybridized carbons (Fsp3) is 0.0714. The summed E-state index contributed by atoms with van der Waals surface area (Å²) in [4.78, 5) is 11.8. The van der Waals surface area contributed by atoms with E-state index >= 15 is 0 Å². The van der Waals surface area contributed by atoms with Gasteiger partial charge in [-0.25, -0.2) is 0 Å². The van der Waals surface area contributed by atoms with Crippen LogP contribution < -0.4 is 11.1 Å². The number of hydrogen-bond acceptors (Lipinski definition) is 2. The van der Waals surface area contributed by atoms with E-state index in [0.717, 1.165) is 5.56 Å². The first-order valence-corrected chi connectivity index (χ1v) is 5.92. The minimum Gasteiger partial charge on any atom is -0.398 e. The molecule has 0 bridgehead atoms. The molecule has 0 aliphatic carbocycles. The molecule has 0 aliphatic heterocycles. The van der Waals surface area contributed by atoms with E-state index < -0.39 is 0 Å². The van der Waals surface area contributed by atoms with Crippen molar-refractivity contribution in [1.29, 1.82) is 0 Å². The van der Waals surface area contributed by atoms with Crippen LogP contribution in [-0.2, 0) is 11.2 Å². The number of benzene rings is 2. The van der Waals surface area contributed by atoms with E-state index in [1.165, 1.54) is 0 Å². The number of anilines is 2. The summed E-state index contributed by atoms with van der Waals surface area (Å²) in [5.74, 6) is -0.0814. The van der Waals surface area contributed by atoms with Crippen molar-refractivity contribution in [3.63, 3.8) is 0 Å². The minimum atomic E-state index is -0.0814. The van der Waals surface area contributed by atoms with Gasteiger partial charge >= 0.3 is 0 Å². The van der Waals surface area contributed by atoms with Gasteiger partial charge in [0.15, 0.2) is 0 Å². The van der Waals surface area contributed by atoms with Crippen LogP contribution in [0.1, 0.15) is 5.56 Å². The Hall–Kier alpha value is -2.00. The smallest absolute Gasteiger partial charge is 0.228 e. The highest BCUT2D eigenvalue weighted by atomic mass is 35.5. The molecule has 1 amide bonds. The summed E-state index contributed by atoms with van der Waals surface area (Å²) in [6.45, 7) is 0. The number of rotatable bonds is 3. The van der Waals surface area contributed by atoms with Crippen LogP contribution in [0.25, 0.3) is 0 Å². The monoisotopic (exact) mass is 260 g/mol. The van der Waals surface area contributed by atoms with Gasteiger partial charge < -0.3 is 11.1 Å². The first-order valence-electron chi connectivity index (χ1n) is 5.54. The molecule has 2 rings (SSSR count). The average molecular weight is 261 g/mol. The van der Waals surface area contributed by atoms with Gasteiger partial charge in [0.1, 0.15) is 0 Å². The van der Waals surface area contributed by atoms with Crippen LogP contribution in [-0.4, -0.2) is 5.91 Å². The highest BCUT2D eigenvalue weighted by Crippen LogP contribution is 2.22.